The quantitative estimate of drug-likeness (QED) is 0.587. The summed E-state index contributed by atoms with van der Waals surface area (Å²) >= 11 is 13.6. The lowest BCUT2D eigenvalue weighted by atomic mass is 10.1. The molecule has 0 aliphatic heterocycles. The standard InChI is InChI=1S/C19H18Cl2N4OS/c1-12-22-19(25-24-12)18(13-5-3-2-4-6-13)23-17(26)11-27-10-14-7-8-15(20)9-16(14)21/h2-9,18H,10-11H2,1H3,(H,23,26)(H,22,24,25). The molecule has 3 aromatic rings. The van der Waals surface area contributed by atoms with E-state index in [0.29, 0.717) is 33.2 Å². The smallest absolute Gasteiger partial charge is 0.230 e. The van der Waals surface area contributed by atoms with E-state index in [2.05, 4.69) is 20.5 Å². The third kappa shape index (κ3) is 5.48. The molecule has 1 heterocycles. The third-order valence-electron chi connectivity index (χ3n) is 3.82. The normalized spacial score (nSPS) is 12.0. The Bertz CT molecular complexity index is 917. The average molecular weight is 421 g/mol. The van der Waals surface area contributed by atoms with Gasteiger partial charge in [0.05, 0.1) is 5.75 Å². The SMILES string of the molecule is Cc1nc(C(NC(=O)CSCc2ccc(Cl)cc2Cl)c2ccccc2)n[nH]1. The number of aryl methyl sites for hydroxylation is 1. The van der Waals surface area contributed by atoms with Crippen molar-refractivity contribution >= 4 is 40.9 Å². The predicted octanol–water partition coefficient (Wildman–Crippen LogP) is 4.56. The molecule has 5 nitrogen and oxygen atoms in total. The van der Waals surface area contributed by atoms with Gasteiger partial charge in [-0.15, -0.1) is 11.8 Å². The molecule has 0 spiro atoms. The van der Waals surface area contributed by atoms with Crippen LogP contribution in [0.1, 0.15) is 28.8 Å². The van der Waals surface area contributed by atoms with Gasteiger partial charge < -0.3 is 5.32 Å². The summed E-state index contributed by atoms with van der Waals surface area (Å²) in [6.45, 7) is 1.83. The largest absolute Gasteiger partial charge is 0.341 e. The van der Waals surface area contributed by atoms with E-state index in [1.54, 1.807) is 12.1 Å². The van der Waals surface area contributed by atoms with Crippen LogP contribution in [0.5, 0.6) is 0 Å². The molecule has 0 saturated carbocycles. The second-order valence-electron chi connectivity index (χ2n) is 5.92. The van der Waals surface area contributed by atoms with E-state index in [-0.39, 0.29) is 5.91 Å². The van der Waals surface area contributed by atoms with Gasteiger partial charge in [-0.25, -0.2) is 4.98 Å². The second kappa shape index (κ2) is 9.26. The van der Waals surface area contributed by atoms with Gasteiger partial charge in [0.25, 0.3) is 0 Å². The van der Waals surface area contributed by atoms with Crippen LogP contribution in [0.25, 0.3) is 0 Å². The highest BCUT2D eigenvalue weighted by atomic mass is 35.5. The Hall–Kier alpha value is -2.02. The van der Waals surface area contributed by atoms with Gasteiger partial charge >= 0.3 is 0 Å². The maximum Gasteiger partial charge on any atom is 0.230 e. The Kier molecular flexibility index (Phi) is 6.77. The molecule has 2 aromatic carbocycles. The molecule has 0 bridgehead atoms. The lowest BCUT2D eigenvalue weighted by molar-refractivity contribution is -0.119. The molecule has 0 aliphatic carbocycles. The maximum absolute atomic E-state index is 12.5. The number of aromatic nitrogens is 3. The fourth-order valence-electron chi connectivity index (χ4n) is 2.53. The highest BCUT2D eigenvalue weighted by molar-refractivity contribution is 7.99. The number of amides is 1. The summed E-state index contributed by atoms with van der Waals surface area (Å²) in [6.07, 6.45) is 0. The minimum atomic E-state index is -0.400. The zero-order valence-electron chi connectivity index (χ0n) is 14.6. The summed E-state index contributed by atoms with van der Waals surface area (Å²) in [5.74, 6) is 2.07. The summed E-state index contributed by atoms with van der Waals surface area (Å²) in [7, 11) is 0. The van der Waals surface area contributed by atoms with Crippen molar-refractivity contribution in [2.75, 3.05) is 5.75 Å². The zero-order chi connectivity index (χ0) is 19.2. The topological polar surface area (TPSA) is 70.7 Å². The molecule has 0 radical (unpaired) electrons. The molecule has 140 valence electrons. The highest BCUT2D eigenvalue weighted by Crippen LogP contribution is 2.25. The molecule has 0 saturated heterocycles. The van der Waals surface area contributed by atoms with Crippen LogP contribution >= 0.6 is 35.0 Å². The van der Waals surface area contributed by atoms with Crippen molar-refractivity contribution in [2.24, 2.45) is 0 Å². The fraction of sp³-hybridized carbons (Fsp3) is 0.211. The van der Waals surface area contributed by atoms with Crippen molar-refractivity contribution in [1.29, 1.82) is 0 Å². The van der Waals surface area contributed by atoms with E-state index >= 15 is 0 Å². The van der Waals surface area contributed by atoms with Gasteiger partial charge in [-0.2, -0.15) is 5.10 Å². The number of benzene rings is 2. The van der Waals surface area contributed by atoms with Gasteiger partial charge in [-0.05, 0) is 30.2 Å². The van der Waals surface area contributed by atoms with Crippen molar-refractivity contribution in [3.63, 3.8) is 0 Å². The van der Waals surface area contributed by atoms with E-state index in [4.69, 9.17) is 23.2 Å². The molecule has 1 amide bonds. The van der Waals surface area contributed by atoms with Gasteiger partial charge in [0.15, 0.2) is 5.82 Å². The van der Waals surface area contributed by atoms with Crippen LogP contribution in [0.4, 0.5) is 0 Å². The first kappa shape index (κ1) is 19.7. The number of nitrogens with zero attached hydrogens (tertiary/aromatic N) is 2. The van der Waals surface area contributed by atoms with E-state index < -0.39 is 6.04 Å². The number of rotatable bonds is 7. The van der Waals surface area contributed by atoms with Crippen LogP contribution in [0.15, 0.2) is 48.5 Å². The Balaban J connectivity index is 1.63. The first-order chi connectivity index (χ1) is 13.0. The number of hydrogen-bond donors (Lipinski definition) is 2. The van der Waals surface area contributed by atoms with E-state index in [9.17, 15) is 4.79 Å². The minimum absolute atomic E-state index is 0.0959. The lowest BCUT2D eigenvalue weighted by Gasteiger charge is -2.16. The number of H-pyrrole nitrogens is 1. The molecular formula is C19H18Cl2N4OS. The predicted molar refractivity (Wildman–Crippen MR) is 110 cm³/mol. The number of halogens is 2. The van der Waals surface area contributed by atoms with E-state index in [1.165, 1.54) is 11.8 Å². The van der Waals surface area contributed by atoms with Crippen LogP contribution in [-0.2, 0) is 10.5 Å². The Morgan fingerprint density at radius 3 is 2.67 bits per heavy atom. The highest BCUT2D eigenvalue weighted by Gasteiger charge is 2.20. The van der Waals surface area contributed by atoms with Gasteiger partial charge in [0.2, 0.25) is 5.91 Å². The van der Waals surface area contributed by atoms with Crippen LogP contribution in [0.3, 0.4) is 0 Å². The first-order valence-corrected chi connectivity index (χ1v) is 10.2. The molecule has 0 aliphatic rings. The fourth-order valence-corrected chi connectivity index (χ4v) is 3.92. The minimum Gasteiger partial charge on any atom is -0.341 e. The van der Waals surface area contributed by atoms with Crippen LogP contribution in [0, 0.1) is 6.92 Å². The van der Waals surface area contributed by atoms with E-state index in [1.807, 2.05) is 43.3 Å². The molecule has 3 rings (SSSR count). The Morgan fingerprint density at radius 1 is 1.22 bits per heavy atom. The van der Waals surface area contributed by atoms with Gasteiger partial charge in [0.1, 0.15) is 11.9 Å². The van der Waals surface area contributed by atoms with Crippen molar-refractivity contribution in [3.8, 4) is 0 Å². The summed E-state index contributed by atoms with van der Waals surface area (Å²) in [5, 5.41) is 11.2. The summed E-state index contributed by atoms with van der Waals surface area (Å²) in [4.78, 5) is 16.9. The van der Waals surface area contributed by atoms with Crippen LogP contribution in [-0.4, -0.2) is 26.8 Å². The first-order valence-electron chi connectivity index (χ1n) is 8.28. The molecule has 0 fully saturated rings. The van der Waals surface area contributed by atoms with Crippen molar-refractivity contribution in [1.82, 2.24) is 20.5 Å². The average Bonchev–Trinajstić information content (AvgIpc) is 3.08. The molecular weight excluding hydrogens is 403 g/mol. The molecule has 27 heavy (non-hydrogen) atoms. The number of nitrogens with one attached hydrogen (secondary N) is 2. The summed E-state index contributed by atoms with van der Waals surface area (Å²) < 4.78 is 0. The summed E-state index contributed by atoms with van der Waals surface area (Å²) in [5.41, 5.74) is 1.87. The molecule has 8 heteroatoms. The van der Waals surface area contributed by atoms with E-state index in [0.717, 1.165) is 11.1 Å². The molecule has 1 aromatic heterocycles. The molecule has 2 N–H and O–H groups in total. The van der Waals surface area contributed by atoms with Crippen molar-refractivity contribution in [2.45, 2.75) is 18.7 Å². The van der Waals surface area contributed by atoms with Crippen LogP contribution in [0.2, 0.25) is 10.0 Å². The zero-order valence-corrected chi connectivity index (χ0v) is 16.9. The van der Waals surface area contributed by atoms with Crippen LogP contribution < -0.4 is 5.32 Å². The molecule has 1 unspecified atom stereocenters. The number of aromatic amines is 1. The second-order valence-corrected chi connectivity index (χ2v) is 7.75. The third-order valence-corrected chi connectivity index (χ3v) is 5.39. The number of hydrogen-bond acceptors (Lipinski definition) is 4. The Labute approximate surface area is 171 Å². The number of carbonyl (C=O) groups is 1. The van der Waals surface area contributed by atoms with Gasteiger partial charge in [-0.3, -0.25) is 9.89 Å². The van der Waals surface area contributed by atoms with Crippen molar-refractivity contribution in [3.05, 3.63) is 81.4 Å². The van der Waals surface area contributed by atoms with Gasteiger partial charge in [-0.1, -0.05) is 59.6 Å². The van der Waals surface area contributed by atoms with Crippen molar-refractivity contribution < 1.29 is 4.79 Å². The monoisotopic (exact) mass is 420 g/mol. The number of carbonyl (C=O) groups excluding carboxylic acids is 1. The maximum atomic E-state index is 12.5. The molecule has 1 atom stereocenters. The number of thioether (sulfide) groups is 1. The summed E-state index contributed by atoms with van der Waals surface area (Å²) in [6, 6.07) is 14.6. The lowest BCUT2D eigenvalue weighted by Crippen LogP contribution is -2.31. The Morgan fingerprint density at radius 2 is 2.00 bits per heavy atom. The van der Waals surface area contributed by atoms with Gasteiger partial charge in [0, 0.05) is 15.8 Å².